The number of imidazole rings is 1. The topological polar surface area (TPSA) is 56.2 Å². The van der Waals surface area contributed by atoms with Crippen LogP contribution in [0.15, 0.2) is 72.8 Å². The highest BCUT2D eigenvalue weighted by molar-refractivity contribution is 5.94. The molecule has 5 nitrogen and oxygen atoms in total. The molecule has 37 heavy (non-hydrogen) atoms. The lowest BCUT2D eigenvalue weighted by molar-refractivity contribution is 0.0953. The van der Waals surface area contributed by atoms with Crippen molar-refractivity contribution in [3.8, 4) is 5.75 Å². The number of carbonyl (C=O) groups excluding carboxylic acids is 1. The van der Waals surface area contributed by atoms with Crippen LogP contribution in [0.4, 0.5) is 0 Å². The van der Waals surface area contributed by atoms with E-state index in [1.807, 2.05) is 43.3 Å². The molecule has 0 radical (unpaired) electrons. The molecule has 3 aromatic carbocycles. The average molecular weight is 498 g/mol. The van der Waals surface area contributed by atoms with Crippen LogP contribution in [0.25, 0.3) is 11.0 Å². The van der Waals surface area contributed by atoms with E-state index < -0.39 is 0 Å². The van der Waals surface area contributed by atoms with Crippen molar-refractivity contribution >= 4 is 16.9 Å². The highest BCUT2D eigenvalue weighted by Gasteiger charge is 2.11. The van der Waals surface area contributed by atoms with Crippen LogP contribution in [-0.4, -0.2) is 28.6 Å². The maximum absolute atomic E-state index is 12.3. The summed E-state index contributed by atoms with van der Waals surface area (Å²) in [5, 5.41) is 3.04. The molecule has 0 atom stereocenters. The minimum absolute atomic E-state index is 0.00345. The molecule has 0 bridgehead atoms. The fraction of sp³-hybridized carbons (Fsp3) is 0.375. The summed E-state index contributed by atoms with van der Waals surface area (Å²) < 4.78 is 8.52. The first kappa shape index (κ1) is 26.5. The monoisotopic (exact) mass is 497 g/mol. The third-order valence-electron chi connectivity index (χ3n) is 6.70. The van der Waals surface area contributed by atoms with Crippen molar-refractivity contribution in [3.05, 3.63) is 95.3 Å². The number of para-hydroxylation sites is 3. The second-order valence-corrected chi connectivity index (χ2v) is 10.00. The molecule has 0 unspecified atom stereocenters. The van der Waals surface area contributed by atoms with E-state index in [2.05, 4.69) is 60.1 Å². The third kappa shape index (κ3) is 7.22. The molecule has 5 heteroatoms. The number of ether oxygens (including phenoxy) is 1. The highest BCUT2D eigenvalue weighted by Crippen LogP contribution is 2.26. The van der Waals surface area contributed by atoms with Crippen molar-refractivity contribution in [1.82, 2.24) is 14.9 Å². The van der Waals surface area contributed by atoms with Gasteiger partial charge in [0.1, 0.15) is 11.6 Å². The number of fused-ring (bicyclic) bond motifs is 1. The first-order chi connectivity index (χ1) is 18.0. The van der Waals surface area contributed by atoms with Gasteiger partial charge in [-0.15, -0.1) is 0 Å². The number of hydrogen-bond donors (Lipinski definition) is 1. The molecular formula is C32H39N3O2. The van der Waals surface area contributed by atoms with E-state index in [9.17, 15) is 4.79 Å². The van der Waals surface area contributed by atoms with E-state index in [0.29, 0.717) is 19.1 Å². The van der Waals surface area contributed by atoms with Crippen molar-refractivity contribution < 1.29 is 9.53 Å². The van der Waals surface area contributed by atoms with Gasteiger partial charge in [0.25, 0.3) is 5.91 Å². The molecule has 1 heterocycles. The summed E-state index contributed by atoms with van der Waals surface area (Å²) in [7, 11) is 0. The van der Waals surface area contributed by atoms with Crippen molar-refractivity contribution in [2.24, 2.45) is 0 Å². The zero-order valence-corrected chi connectivity index (χ0v) is 22.4. The number of unbranched alkanes of at least 4 members (excludes halogenated alkanes) is 2. The second kappa shape index (κ2) is 13.1. The second-order valence-electron chi connectivity index (χ2n) is 10.00. The minimum Gasteiger partial charge on any atom is -0.493 e. The maximum Gasteiger partial charge on any atom is 0.251 e. The third-order valence-corrected chi connectivity index (χ3v) is 6.70. The van der Waals surface area contributed by atoms with Crippen LogP contribution >= 0.6 is 0 Å². The van der Waals surface area contributed by atoms with Gasteiger partial charge in [-0.3, -0.25) is 4.79 Å². The molecule has 4 aromatic rings. The van der Waals surface area contributed by atoms with E-state index in [-0.39, 0.29) is 5.91 Å². The highest BCUT2D eigenvalue weighted by atomic mass is 16.5. The Morgan fingerprint density at radius 3 is 2.59 bits per heavy atom. The lowest BCUT2D eigenvalue weighted by atomic mass is 10.0. The zero-order valence-electron chi connectivity index (χ0n) is 22.4. The van der Waals surface area contributed by atoms with Crippen molar-refractivity contribution in [3.63, 3.8) is 0 Å². The normalized spacial score (nSPS) is 11.2. The SMILES string of the molecule is Cc1cccc(C(=O)NCCCCCc2nc3ccccc3n2CCCOc2ccccc2C(C)C)c1. The summed E-state index contributed by atoms with van der Waals surface area (Å²) in [4.78, 5) is 17.3. The van der Waals surface area contributed by atoms with Crippen LogP contribution in [0.5, 0.6) is 5.75 Å². The van der Waals surface area contributed by atoms with Crippen molar-refractivity contribution in [2.45, 2.75) is 65.3 Å². The molecular weight excluding hydrogens is 458 g/mol. The van der Waals surface area contributed by atoms with Gasteiger partial charge in [0.05, 0.1) is 17.6 Å². The van der Waals surface area contributed by atoms with Gasteiger partial charge in [-0.05, 0) is 68.0 Å². The number of amides is 1. The molecule has 0 saturated heterocycles. The number of nitrogens with one attached hydrogen (secondary N) is 1. The maximum atomic E-state index is 12.3. The van der Waals surface area contributed by atoms with Crippen LogP contribution in [0.1, 0.15) is 72.8 Å². The van der Waals surface area contributed by atoms with Crippen LogP contribution < -0.4 is 10.1 Å². The van der Waals surface area contributed by atoms with Gasteiger partial charge in [0, 0.05) is 25.1 Å². The molecule has 1 aromatic heterocycles. The number of aryl methyl sites for hydroxylation is 3. The Morgan fingerprint density at radius 1 is 0.946 bits per heavy atom. The smallest absolute Gasteiger partial charge is 0.251 e. The van der Waals surface area contributed by atoms with Gasteiger partial charge in [0.15, 0.2) is 0 Å². The molecule has 194 valence electrons. The van der Waals surface area contributed by atoms with Gasteiger partial charge in [-0.1, -0.05) is 68.3 Å². The molecule has 0 saturated carbocycles. The molecule has 1 amide bonds. The van der Waals surface area contributed by atoms with Gasteiger partial charge in [0.2, 0.25) is 0 Å². The van der Waals surface area contributed by atoms with Crippen molar-refractivity contribution in [1.29, 1.82) is 0 Å². The van der Waals surface area contributed by atoms with Crippen LogP contribution in [0.3, 0.4) is 0 Å². The number of aromatic nitrogens is 2. The summed E-state index contributed by atoms with van der Waals surface area (Å²) in [6.45, 7) is 8.65. The molecule has 0 aliphatic heterocycles. The largest absolute Gasteiger partial charge is 0.493 e. The predicted octanol–water partition coefficient (Wildman–Crippen LogP) is 7.08. The average Bonchev–Trinajstić information content (AvgIpc) is 3.25. The molecule has 0 spiro atoms. The Hall–Kier alpha value is -3.60. The molecule has 0 aliphatic carbocycles. The zero-order chi connectivity index (χ0) is 26.0. The first-order valence-electron chi connectivity index (χ1n) is 13.5. The Labute approximate surface area is 220 Å². The fourth-order valence-electron chi connectivity index (χ4n) is 4.73. The van der Waals surface area contributed by atoms with Crippen LogP contribution in [0.2, 0.25) is 0 Å². The van der Waals surface area contributed by atoms with Gasteiger partial charge in [-0.2, -0.15) is 0 Å². The Kier molecular flexibility index (Phi) is 9.36. The number of benzene rings is 3. The lowest BCUT2D eigenvalue weighted by Crippen LogP contribution is -2.24. The molecule has 0 fully saturated rings. The Bertz CT molecular complexity index is 1310. The first-order valence-corrected chi connectivity index (χ1v) is 13.5. The van der Waals surface area contributed by atoms with E-state index in [1.165, 1.54) is 11.1 Å². The number of hydrogen-bond acceptors (Lipinski definition) is 3. The van der Waals surface area contributed by atoms with E-state index in [4.69, 9.17) is 9.72 Å². The molecule has 4 rings (SSSR count). The van der Waals surface area contributed by atoms with Gasteiger partial charge in [-0.25, -0.2) is 4.98 Å². The molecule has 0 aliphatic rings. The Morgan fingerprint density at radius 2 is 1.76 bits per heavy atom. The van der Waals surface area contributed by atoms with Gasteiger partial charge >= 0.3 is 0 Å². The number of carbonyl (C=O) groups is 1. The quantitative estimate of drug-likeness (QED) is 0.201. The van der Waals surface area contributed by atoms with E-state index in [0.717, 1.165) is 66.9 Å². The van der Waals surface area contributed by atoms with Crippen LogP contribution in [-0.2, 0) is 13.0 Å². The summed E-state index contributed by atoms with van der Waals surface area (Å²) >= 11 is 0. The summed E-state index contributed by atoms with van der Waals surface area (Å²) in [6.07, 6.45) is 4.90. The number of nitrogens with zero attached hydrogens (tertiary/aromatic N) is 2. The fourth-order valence-corrected chi connectivity index (χ4v) is 4.73. The van der Waals surface area contributed by atoms with Crippen LogP contribution in [0, 0.1) is 6.92 Å². The summed E-state index contributed by atoms with van der Waals surface area (Å²) in [5.41, 5.74) is 5.32. The minimum atomic E-state index is 0.00345. The van der Waals surface area contributed by atoms with Gasteiger partial charge < -0.3 is 14.6 Å². The lowest BCUT2D eigenvalue weighted by Gasteiger charge is -2.14. The summed E-state index contributed by atoms with van der Waals surface area (Å²) in [5.74, 6) is 2.57. The predicted molar refractivity (Wildman–Crippen MR) is 151 cm³/mol. The Balaban J connectivity index is 1.26. The summed E-state index contributed by atoms with van der Waals surface area (Å²) in [6, 6.07) is 24.4. The van der Waals surface area contributed by atoms with E-state index >= 15 is 0 Å². The molecule has 1 N–H and O–H groups in total. The van der Waals surface area contributed by atoms with Crippen molar-refractivity contribution in [2.75, 3.05) is 13.2 Å². The van der Waals surface area contributed by atoms with E-state index in [1.54, 1.807) is 0 Å². The number of rotatable bonds is 13. The standard InChI is InChI=1S/C32H39N3O2/c1-24(2)27-15-6-9-18-30(27)37-22-12-21-35-29-17-8-7-16-28(29)34-31(35)19-5-4-10-20-33-32(36)26-14-11-13-25(3)23-26/h6-9,11,13-18,23-24H,4-5,10,12,19-22H2,1-3H3,(H,33,36).